The fourth-order valence-electron chi connectivity index (χ4n) is 0. The summed E-state index contributed by atoms with van der Waals surface area (Å²) in [4.78, 5) is 0. The first-order valence-corrected chi connectivity index (χ1v) is 1.79. The lowest BCUT2D eigenvalue weighted by atomic mass is 10.8. The van der Waals surface area contributed by atoms with Crippen LogP contribution in [0.4, 0.5) is 0 Å². The Labute approximate surface area is 40.8 Å². The Kier molecular flexibility index (Phi) is 3.35. The van der Waals surface area contributed by atoms with Gasteiger partial charge >= 0.3 is 0 Å². The van der Waals surface area contributed by atoms with E-state index in [9.17, 15) is 0 Å². The number of rotatable bonds is 0. The topological polar surface area (TPSA) is 31.5 Å². The quantitative estimate of drug-likeness (QED) is 0.365. The van der Waals surface area contributed by atoms with Crippen LogP contribution in [0.25, 0.3) is 0 Å². The monoisotopic (exact) mass is 93.1 g/mol. The first-order valence-electron chi connectivity index (χ1n) is 1.79. The van der Waals surface area contributed by atoms with Gasteiger partial charge in [-0.25, -0.2) is 0 Å². The molecule has 0 aliphatic rings. The molecular formula is C4H15NO. The van der Waals surface area contributed by atoms with Crippen molar-refractivity contribution >= 4 is 0 Å². The zero-order valence-corrected chi connectivity index (χ0v) is 4.95. The highest BCUT2D eigenvalue weighted by atomic mass is 16.0. The van der Waals surface area contributed by atoms with Crippen LogP contribution < -0.4 is 0 Å². The maximum Gasteiger partial charge on any atom is 0.0675 e. The lowest BCUT2D eigenvalue weighted by Crippen LogP contribution is -2.27. The van der Waals surface area contributed by atoms with E-state index in [0.717, 1.165) is 4.48 Å². The summed E-state index contributed by atoms with van der Waals surface area (Å²) in [5.41, 5.74) is 0. The van der Waals surface area contributed by atoms with Crippen LogP contribution in [0.3, 0.4) is 0 Å². The molecule has 0 aromatic heterocycles. The summed E-state index contributed by atoms with van der Waals surface area (Å²) in [7, 11) is 8.50. The van der Waals surface area contributed by atoms with E-state index in [-0.39, 0.29) is 6.90 Å². The van der Waals surface area contributed by atoms with Crippen LogP contribution in [-0.4, -0.2) is 38.1 Å². The van der Waals surface area contributed by atoms with Crippen molar-refractivity contribution in [2.75, 3.05) is 28.2 Å². The summed E-state index contributed by atoms with van der Waals surface area (Å²) in [5, 5.41) is 0. The molecule has 2 nitrogen and oxygen atoms in total. The molecule has 0 aliphatic carbocycles. The fraction of sp³-hybridized carbons (Fsp3) is 1.00. The van der Waals surface area contributed by atoms with Crippen molar-refractivity contribution in [1.29, 1.82) is 0 Å². The predicted octanol–water partition coefficient (Wildman–Crippen LogP) is -0.390. The highest BCUT2D eigenvalue weighted by Gasteiger charge is 1.88. The van der Waals surface area contributed by atoms with Crippen LogP contribution >= 0.6 is 0 Å². The average molecular weight is 93.2 g/mol. The molecule has 42 valence electrons. The largest absolute Gasteiger partial charge is 1.00 e. The second-order valence-corrected chi connectivity index (χ2v) is 2.68. The molecule has 0 bridgehead atoms. The average Bonchev–Trinajstić information content (AvgIpc) is 0.722. The summed E-state index contributed by atoms with van der Waals surface area (Å²) in [6.07, 6.45) is 0. The van der Waals surface area contributed by atoms with Crippen molar-refractivity contribution in [2.24, 2.45) is 0 Å². The maximum atomic E-state index is 2.12. The minimum atomic E-state index is 0. The Morgan fingerprint density at radius 3 is 1.00 bits per heavy atom. The highest BCUT2D eigenvalue weighted by Crippen LogP contribution is 1.73. The van der Waals surface area contributed by atoms with Gasteiger partial charge in [-0.1, -0.05) is 0 Å². The number of quaternary nitrogens is 1. The first kappa shape index (κ1) is 9.33. The number of hydrogen-bond acceptors (Lipinski definition) is 0. The Balaban J connectivity index is -0.0000000800. The van der Waals surface area contributed by atoms with Crippen molar-refractivity contribution in [3.8, 4) is 0 Å². The van der Waals surface area contributed by atoms with Crippen molar-refractivity contribution < 1.29 is 11.4 Å². The van der Waals surface area contributed by atoms with Gasteiger partial charge in [-0.05, 0) is 0 Å². The van der Waals surface area contributed by atoms with E-state index >= 15 is 0 Å². The smallest absolute Gasteiger partial charge is 0.0675 e. The molecule has 0 radical (unpaired) electrons. The van der Waals surface area contributed by atoms with Crippen LogP contribution in [-0.2, 0) is 0 Å². The van der Waals surface area contributed by atoms with E-state index < -0.39 is 0 Å². The van der Waals surface area contributed by atoms with Gasteiger partial charge in [-0.3, -0.25) is 0 Å². The molecule has 6 heavy (non-hydrogen) atoms. The minimum Gasteiger partial charge on any atom is -1.00 e. The summed E-state index contributed by atoms with van der Waals surface area (Å²) in [5.74, 6) is 0. The van der Waals surface area contributed by atoms with Gasteiger partial charge in [-0.15, -0.1) is 0 Å². The van der Waals surface area contributed by atoms with Crippen LogP contribution in [0.2, 0.25) is 0 Å². The molecule has 0 heterocycles. The molecule has 2 N–H and O–H groups in total. The molecule has 0 saturated carbocycles. The highest BCUT2D eigenvalue weighted by molar-refractivity contribution is 3.87. The van der Waals surface area contributed by atoms with Gasteiger partial charge in [-0.2, -0.15) is 0 Å². The lowest BCUT2D eigenvalue weighted by molar-refractivity contribution is -0.849. The summed E-state index contributed by atoms with van der Waals surface area (Å²) >= 11 is 0. The normalized spacial score (nSPS) is 10.0. The molecule has 0 saturated heterocycles. The van der Waals surface area contributed by atoms with Gasteiger partial charge in [0, 0.05) is 0 Å². The van der Waals surface area contributed by atoms with E-state index in [2.05, 4.69) is 28.2 Å². The number of hydrogen-bond donors (Lipinski definition) is 0. The Morgan fingerprint density at radius 1 is 1.00 bits per heavy atom. The molecular weight excluding hydrogens is 78.0 g/mol. The molecule has 0 amide bonds. The van der Waals surface area contributed by atoms with Crippen molar-refractivity contribution in [3.05, 3.63) is 0 Å². The first-order chi connectivity index (χ1) is 2.00. The predicted molar refractivity (Wildman–Crippen MR) is 28.7 cm³/mol. The van der Waals surface area contributed by atoms with Crippen molar-refractivity contribution in [2.45, 2.75) is 0 Å². The Hall–Kier alpha value is -0.0800. The molecule has 2 heteroatoms. The van der Waals surface area contributed by atoms with E-state index in [1.54, 1.807) is 0 Å². The summed E-state index contributed by atoms with van der Waals surface area (Å²) in [6.45, 7) is 0. The zero-order valence-electron chi connectivity index (χ0n) is 5.95. The summed E-state index contributed by atoms with van der Waals surface area (Å²) in [6, 6.07) is 0. The summed E-state index contributed by atoms with van der Waals surface area (Å²) < 4.78 is 1.00. The lowest BCUT2D eigenvalue weighted by Gasteiger charge is -2.14. The Bertz CT molecular complexity index is 27.2. The molecule has 0 aromatic carbocycles. The van der Waals surface area contributed by atoms with Gasteiger partial charge in [0.1, 0.15) is 0 Å². The number of nitrogens with zero attached hydrogens (tertiary/aromatic N) is 1. The minimum absolute atomic E-state index is 0. The van der Waals surface area contributed by atoms with Crippen molar-refractivity contribution in [3.63, 3.8) is 0 Å². The molecule has 0 spiro atoms. The van der Waals surface area contributed by atoms with E-state index in [1.165, 1.54) is 0 Å². The fourth-order valence-corrected chi connectivity index (χ4v) is 0. The zero-order chi connectivity index (χ0) is 4.50. The van der Waals surface area contributed by atoms with Crippen LogP contribution in [0.15, 0.2) is 0 Å². The second kappa shape index (κ2) is 2.16. The molecule has 0 fully saturated rings. The maximum absolute atomic E-state index is 2.12. The molecule has 0 atom stereocenters. The van der Waals surface area contributed by atoms with Gasteiger partial charge < -0.3 is 11.4 Å². The van der Waals surface area contributed by atoms with E-state index in [4.69, 9.17) is 0 Å². The van der Waals surface area contributed by atoms with E-state index in [0.29, 0.717) is 0 Å². The Morgan fingerprint density at radius 2 is 1.00 bits per heavy atom. The van der Waals surface area contributed by atoms with Crippen LogP contribution in [0.1, 0.15) is 1.43 Å². The van der Waals surface area contributed by atoms with Gasteiger partial charge in [0.25, 0.3) is 0 Å². The molecule has 0 rings (SSSR count). The van der Waals surface area contributed by atoms with E-state index in [1.807, 2.05) is 0 Å². The van der Waals surface area contributed by atoms with Gasteiger partial charge in [0.05, 0.1) is 28.2 Å². The molecule has 0 aliphatic heterocycles. The molecule has 0 unspecified atom stereocenters. The van der Waals surface area contributed by atoms with Crippen LogP contribution in [0.5, 0.6) is 0 Å². The third-order valence-electron chi connectivity index (χ3n) is 0. The van der Waals surface area contributed by atoms with Crippen molar-refractivity contribution in [1.82, 2.24) is 0 Å². The standard InChI is InChI=1S/C4H12N.H2O.H/c1-5(2,3)4;;/h1-4H3;1H2;/q+1;;-1. The third kappa shape index (κ3) is 5220. The van der Waals surface area contributed by atoms with Gasteiger partial charge in [0.2, 0.25) is 0 Å². The molecule has 0 aromatic rings. The third-order valence-corrected chi connectivity index (χ3v) is 0. The van der Waals surface area contributed by atoms with Crippen LogP contribution in [0, 0.1) is 0 Å². The van der Waals surface area contributed by atoms with Gasteiger partial charge in [0.15, 0.2) is 0 Å². The SMILES string of the molecule is C[N+](C)(C)C.O.[H-]. The second-order valence-electron chi connectivity index (χ2n) is 2.68.